The second-order valence-corrected chi connectivity index (χ2v) is 8.29. The molecule has 0 unspecified atom stereocenters. The normalized spacial score (nSPS) is 18.3. The highest BCUT2D eigenvalue weighted by Gasteiger charge is 2.42. The van der Waals surface area contributed by atoms with Gasteiger partial charge in [0, 0.05) is 32.7 Å². The molecule has 2 heterocycles. The van der Waals surface area contributed by atoms with Crippen LogP contribution in [0.15, 0.2) is 23.9 Å². The van der Waals surface area contributed by atoms with E-state index in [1.165, 1.54) is 4.90 Å². The van der Waals surface area contributed by atoms with Crippen molar-refractivity contribution in [2.75, 3.05) is 39.3 Å². The van der Waals surface area contributed by atoms with Crippen LogP contribution in [-0.4, -0.2) is 65.8 Å². The van der Waals surface area contributed by atoms with Crippen LogP contribution in [0.1, 0.15) is 56.2 Å². The van der Waals surface area contributed by atoms with Crippen molar-refractivity contribution in [2.24, 2.45) is 0 Å². The molecule has 1 aromatic rings. The zero-order valence-corrected chi connectivity index (χ0v) is 18.5. The lowest BCUT2D eigenvalue weighted by atomic mass is 9.97. The Labute approximate surface area is 175 Å². The first-order valence-electron chi connectivity index (χ1n) is 11.1. The number of carbonyl (C=O) groups excluding carboxylic acids is 2. The van der Waals surface area contributed by atoms with Gasteiger partial charge in [-0.2, -0.15) is 0 Å². The molecule has 0 aromatic heterocycles. The smallest absolute Gasteiger partial charge is 0.277 e. The van der Waals surface area contributed by atoms with E-state index in [1.54, 1.807) is 0 Å². The summed E-state index contributed by atoms with van der Waals surface area (Å²) in [5.41, 5.74) is 4.34. The summed E-state index contributed by atoms with van der Waals surface area (Å²) in [5.74, 6) is -0.224. The fourth-order valence-electron chi connectivity index (χ4n) is 4.38. The van der Waals surface area contributed by atoms with E-state index in [0.29, 0.717) is 17.8 Å². The van der Waals surface area contributed by atoms with Crippen LogP contribution in [0.5, 0.6) is 0 Å². The van der Waals surface area contributed by atoms with E-state index in [0.717, 1.165) is 75.1 Å². The number of aryl methyl sites for hydroxylation is 2. The maximum Gasteiger partial charge on any atom is 0.277 e. The van der Waals surface area contributed by atoms with Crippen molar-refractivity contribution in [1.82, 2.24) is 14.7 Å². The molecule has 2 aliphatic rings. The van der Waals surface area contributed by atoms with Crippen molar-refractivity contribution >= 4 is 17.4 Å². The molecule has 0 aliphatic carbocycles. The van der Waals surface area contributed by atoms with E-state index in [-0.39, 0.29) is 11.8 Å². The third kappa shape index (κ3) is 4.55. The number of nitrogens with zero attached hydrogens (tertiary/aromatic N) is 3. The Kier molecular flexibility index (Phi) is 7.12. The first-order valence-corrected chi connectivity index (χ1v) is 11.1. The number of imide groups is 1. The van der Waals surface area contributed by atoms with Crippen LogP contribution in [-0.2, 0) is 9.59 Å². The van der Waals surface area contributed by atoms with E-state index in [4.69, 9.17) is 0 Å². The predicted octanol–water partition coefficient (Wildman–Crippen LogP) is 3.60. The van der Waals surface area contributed by atoms with Crippen molar-refractivity contribution in [2.45, 2.75) is 53.4 Å². The maximum absolute atomic E-state index is 13.4. The fourth-order valence-corrected chi connectivity index (χ4v) is 4.38. The number of piperazine rings is 1. The van der Waals surface area contributed by atoms with Crippen molar-refractivity contribution in [3.05, 3.63) is 40.6 Å². The van der Waals surface area contributed by atoms with Gasteiger partial charge >= 0.3 is 0 Å². The first-order chi connectivity index (χ1) is 14.0. The number of likely N-dealkylation sites (N-methyl/N-ethyl adjacent to an activating group) is 1. The number of amides is 2. The molecule has 0 N–H and O–H groups in total. The van der Waals surface area contributed by atoms with E-state index in [9.17, 15) is 9.59 Å². The summed E-state index contributed by atoms with van der Waals surface area (Å²) >= 11 is 0. The SMILES string of the molecule is CCCCCCN1C(=O)C(c2ccc(C)cc2C)=C(N2CCN(CC)CC2)C1=O. The second-order valence-electron chi connectivity index (χ2n) is 8.29. The number of rotatable bonds is 8. The molecule has 158 valence electrons. The molecule has 5 heteroatoms. The van der Waals surface area contributed by atoms with Gasteiger partial charge < -0.3 is 9.80 Å². The van der Waals surface area contributed by atoms with Crippen LogP contribution in [0.2, 0.25) is 0 Å². The topological polar surface area (TPSA) is 43.9 Å². The standard InChI is InChI=1S/C24H35N3O2/c1-5-7-8-9-12-27-23(28)21(20-11-10-18(3)17-19(20)4)22(24(27)29)26-15-13-25(6-2)14-16-26/h10-11,17H,5-9,12-16H2,1-4H3. The summed E-state index contributed by atoms with van der Waals surface area (Å²) in [7, 11) is 0. The van der Waals surface area contributed by atoms with Gasteiger partial charge in [-0.3, -0.25) is 14.5 Å². The first kappa shape index (κ1) is 21.6. The van der Waals surface area contributed by atoms with Gasteiger partial charge in [0.1, 0.15) is 5.70 Å². The van der Waals surface area contributed by atoms with Crippen molar-refractivity contribution in [3.63, 3.8) is 0 Å². The van der Waals surface area contributed by atoms with Gasteiger partial charge in [0.15, 0.2) is 0 Å². The fraction of sp³-hybridized carbons (Fsp3) is 0.583. The van der Waals surface area contributed by atoms with E-state index in [1.807, 2.05) is 19.1 Å². The van der Waals surface area contributed by atoms with Crippen LogP contribution in [0.4, 0.5) is 0 Å². The highest BCUT2D eigenvalue weighted by atomic mass is 16.2. The van der Waals surface area contributed by atoms with Crippen LogP contribution < -0.4 is 0 Å². The minimum atomic E-state index is -0.119. The Morgan fingerprint density at radius 2 is 1.62 bits per heavy atom. The molecule has 29 heavy (non-hydrogen) atoms. The van der Waals surface area contributed by atoms with Gasteiger partial charge in [-0.25, -0.2) is 0 Å². The molecule has 0 bridgehead atoms. The quantitative estimate of drug-likeness (QED) is 0.497. The van der Waals surface area contributed by atoms with Crippen molar-refractivity contribution < 1.29 is 9.59 Å². The summed E-state index contributed by atoms with van der Waals surface area (Å²) in [6.45, 7) is 13.4. The number of hydrogen-bond acceptors (Lipinski definition) is 4. The van der Waals surface area contributed by atoms with Gasteiger partial charge in [0.25, 0.3) is 11.8 Å². The Bertz CT molecular complexity index is 791. The van der Waals surface area contributed by atoms with Gasteiger partial charge in [-0.05, 0) is 37.9 Å². The summed E-state index contributed by atoms with van der Waals surface area (Å²) in [5, 5.41) is 0. The van der Waals surface area contributed by atoms with Crippen LogP contribution in [0.25, 0.3) is 5.57 Å². The number of hydrogen-bond donors (Lipinski definition) is 0. The lowest BCUT2D eigenvalue weighted by Crippen LogP contribution is -2.47. The van der Waals surface area contributed by atoms with E-state index in [2.05, 4.69) is 36.6 Å². The molecular weight excluding hydrogens is 362 g/mol. The van der Waals surface area contributed by atoms with Gasteiger partial charge in [0.2, 0.25) is 0 Å². The number of benzene rings is 1. The molecule has 0 saturated carbocycles. The molecule has 0 spiro atoms. The average Bonchev–Trinajstić information content (AvgIpc) is 2.95. The van der Waals surface area contributed by atoms with E-state index >= 15 is 0 Å². The molecule has 3 rings (SSSR count). The predicted molar refractivity (Wildman–Crippen MR) is 117 cm³/mol. The maximum atomic E-state index is 13.4. The summed E-state index contributed by atoms with van der Waals surface area (Å²) < 4.78 is 0. The van der Waals surface area contributed by atoms with Gasteiger partial charge in [-0.1, -0.05) is 56.9 Å². The molecule has 2 aliphatic heterocycles. The lowest BCUT2D eigenvalue weighted by Gasteiger charge is -2.36. The number of carbonyl (C=O) groups is 2. The summed E-state index contributed by atoms with van der Waals surface area (Å²) in [6.07, 6.45) is 4.21. The molecule has 1 fully saturated rings. The lowest BCUT2D eigenvalue weighted by molar-refractivity contribution is -0.137. The van der Waals surface area contributed by atoms with Crippen LogP contribution in [0, 0.1) is 13.8 Å². The molecular formula is C24H35N3O2. The monoisotopic (exact) mass is 397 g/mol. The molecule has 1 aromatic carbocycles. The molecule has 1 saturated heterocycles. The Morgan fingerprint density at radius 1 is 0.897 bits per heavy atom. The summed E-state index contributed by atoms with van der Waals surface area (Å²) in [4.78, 5) is 32.8. The van der Waals surface area contributed by atoms with Crippen LogP contribution in [0.3, 0.4) is 0 Å². The molecule has 5 nitrogen and oxygen atoms in total. The third-order valence-corrected chi connectivity index (χ3v) is 6.17. The molecule has 0 atom stereocenters. The minimum absolute atomic E-state index is 0.105. The second kappa shape index (κ2) is 9.57. The third-order valence-electron chi connectivity index (χ3n) is 6.17. The Balaban J connectivity index is 1.93. The van der Waals surface area contributed by atoms with E-state index < -0.39 is 0 Å². The zero-order valence-electron chi connectivity index (χ0n) is 18.5. The largest absolute Gasteiger partial charge is 0.364 e. The van der Waals surface area contributed by atoms with Crippen LogP contribution >= 0.6 is 0 Å². The Hall–Kier alpha value is -2.14. The highest BCUT2D eigenvalue weighted by Crippen LogP contribution is 2.34. The zero-order chi connectivity index (χ0) is 21.0. The minimum Gasteiger partial charge on any atom is -0.364 e. The van der Waals surface area contributed by atoms with Gasteiger partial charge in [-0.15, -0.1) is 0 Å². The average molecular weight is 398 g/mol. The number of unbranched alkanes of at least 4 members (excludes halogenated alkanes) is 3. The van der Waals surface area contributed by atoms with Crippen molar-refractivity contribution in [1.29, 1.82) is 0 Å². The van der Waals surface area contributed by atoms with Gasteiger partial charge in [0.05, 0.1) is 5.57 Å². The Morgan fingerprint density at radius 3 is 2.24 bits per heavy atom. The summed E-state index contributed by atoms with van der Waals surface area (Å²) in [6, 6.07) is 6.13. The molecule has 2 amide bonds. The molecule has 0 radical (unpaired) electrons. The highest BCUT2D eigenvalue weighted by molar-refractivity contribution is 6.35. The van der Waals surface area contributed by atoms with Crippen molar-refractivity contribution in [3.8, 4) is 0 Å².